The number of fused-ring (bicyclic) bond motifs is 1. The largest absolute Gasteiger partial charge is 0.507 e. The minimum absolute atomic E-state index is 0.0349. The van der Waals surface area contributed by atoms with E-state index in [9.17, 15) is 25.5 Å². The van der Waals surface area contributed by atoms with Crippen LogP contribution in [0.5, 0.6) is 23.0 Å². The van der Waals surface area contributed by atoms with E-state index in [1.54, 1.807) is 0 Å². The first-order valence-corrected chi connectivity index (χ1v) is 6.90. The van der Waals surface area contributed by atoms with Gasteiger partial charge in [-0.3, -0.25) is 0 Å². The van der Waals surface area contributed by atoms with Crippen LogP contribution in [0.3, 0.4) is 0 Å². The van der Waals surface area contributed by atoms with E-state index in [1.807, 2.05) is 13.8 Å². The number of aliphatic hydroxyl groups is 1. The van der Waals surface area contributed by atoms with Gasteiger partial charge in [-0.05, 0) is 37.0 Å². The molecular formula is C16H20O5. The molecule has 114 valence electrons. The van der Waals surface area contributed by atoms with Crippen molar-refractivity contribution in [3.05, 3.63) is 23.8 Å². The molecule has 0 saturated carbocycles. The Labute approximate surface area is 122 Å². The molecule has 0 bridgehead atoms. The highest BCUT2D eigenvalue weighted by molar-refractivity contribution is 6.02. The summed E-state index contributed by atoms with van der Waals surface area (Å²) in [6, 6.07) is 3.68. The molecule has 0 spiro atoms. The van der Waals surface area contributed by atoms with Gasteiger partial charge in [0, 0.05) is 5.56 Å². The second kappa shape index (κ2) is 5.69. The van der Waals surface area contributed by atoms with E-state index < -0.39 is 6.10 Å². The molecule has 2 aromatic carbocycles. The van der Waals surface area contributed by atoms with Crippen molar-refractivity contribution in [2.45, 2.75) is 32.8 Å². The van der Waals surface area contributed by atoms with Gasteiger partial charge < -0.3 is 25.5 Å². The Morgan fingerprint density at radius 1 is 0.857 bits per heavy atom. The lowest BCUT2D eigenvalue weighted by Crippen LogP contribution is -2.01. The average molecular weight is 292 g/mol. The SMILES string of the molecule is CC(C)CC[C@@H](O)c1cc(O)c2c(O)ccc(O)c2c1O. The fourth-order valence-corrected chi connectivity index (χ4v) is 2.41. The lowest BCUT2D eigenvalue weighted by atomic mass is 9.95. The van der Waals surface area contributed by atoms with Gasteiger partial charge in [-0.15, -0.1) is 0 Å². The molecule has 0 heterocycles. The van der Waals surface area contributed by atoms with Crippen LogP contribution >= 0.6 is 0 Å². The normalized spacial score (nSPS) is 13.0. The maximum atomic E-state index is 10.3. The molecule has 2 aromatic rings. The third kappa shape index (κ3) is 2.83. The van der Waals surface area contributed by atoms with Crippen LogP contribution < -0.4 is 0 Å². The Hall–Kier alpha value is -2.14. The van der Waals surface area contributed by atoms with E-state index >= 15 is 0 Å². The number of aliphatic hydroxyl groups excluding tert-OH is 1. The van der Waals surface area contributed by atoms with E-state index in [-0.39, 0.29) is 39.3 Å². The molecule has 5 N–H and O–H groups in total. The van der Waals surface area contributed by atoms with Gasteiger partial charge in [-0.25, -0.2) is 0 Å². The quantitative estimate of drug-likeness (QED) is 0.557. The van der Waals surface area contributed by atoms with Crippen molar-refractivity contribution in [1.29, 1.82) is 0 Å². The van der Waals surface area contributed by atoms with Gasteiger partial charge in [0.05, 0.1) is 16.9 Å². The van der Waals surface area contributed by atoms with Crippen LogP contribution in [0.25, 0.3) is 10.8 Å². The molecule has 0 saturated heterocycles. The highest BCUT2D eigenvalue weighted by Gasteiger charge is 2.21. The summed E-state index contributed by atoms with van der Waals surface area (Å²) in [6.07, 6.45) is 0.228. The van der Waals surface area contributed by atoms with Gasteiger partial charge in [0.1, 0.15) is 23.0 Å². The first-order valence-electron chi connectivity index (χ1n) is 6.90. The molecule has 0 aliphatic rings. The topological polar surface area (TPSA) is 101 Å². The van der Waals surface area contributed by atoms with Crippen molar-refractivity contribution in [3.8, 4) is 23.0 Å². The number of rotatable bonds is 4. The van der Waals surface area contributed by atoms with E-state index in [4.69, 9.17) is 0 Å². The zero-order chi connectivity index (χ0) is 15.7. The number of hydrogen-bond acceptors (Lipinski definition) is 5. The average Bonchev–Trinajstić information content (AvgIpc) is 2.42. The Balaban J connectivity index is 2.57. The van der Waals surface area contributed by atoms with Crippen LogP contribution in [-0.2, 0) is 0 Å². The predicted molar refractivity (Wildman–Crippen MR) is 79.6 cm³/mol. The zero-order valence-electron chi connectivity index (χ0n) is 12.0. The number of phenolic OH excluding ortho intramolecular Hbond substituents is 4. The summed E-state index contributed by atoms with van der Waals surface area (Å²) in [4.78, 5) is 0. The molecule has 2 rings (SSSR count). The smallest absolute Gasteiger partial charge is 0.133 e. The van der Waals surface area contributed by atoms with Gasteiger partial charge >= 0.3 is 0 Å². The van der Waals surface area contributed by atoms with E-state index in [0.29, 0.717) is 12.3 Å². The summed E-state index contributed by atoms with van der Waals surface area (Å²) in [5, 5.41) is 50.0. The van der Waals surface area contributed by atoms with Crippen LogP contribution in [0.15, 0.2) is 18.2 Å². The monoisotopic (exact) mass is 292 g/mol. The third-order valence-corrected chi connectivity index (χ3v) is 3.60. The molecule has 0 aliphatic heterocycles. The fraction of sp³-hybridized carbons (Fsp3) is 0.375. The van der Waals surface area contributed by atoms with E-state index in [0.717, 1.165) is 6.42 Å². The van der Waals surface area contributed by atoms with Crippen molar-refractivity contribution < 1.29 is 25.5 Å². The Morgan fingerprint density at radius 2 is 1.43 bits per heavy atom. The molecule has 0 radical (unpaired) electrons. The molecule has 21 heavy (non-hydrogen) atoms. The van der Waals surface area contributed by atoms with Crippen LogP contribution in [0.1, 0.15) is 38.4 Å². The Kier molecular flexibility index (Phi) is 4.14. The van der Waals surface area contributed by atoms with E-state index in [2.05, 4.69) is 0 Å². The van der Waals surface area contributed by atoms with Crippen molar-refractivity contribution in [2.75, 3.05) is 0 Å². The van der Waals surface area contributed by atoms with Gasteiger partial charge in [0.25, 0.3) is 0 Å². The van der Waals surface area contributed by atoms with Crippen LogP contribution in [0.2, 0.25) is 0 Å². The summed E-state index contributed by atoms with van der Waals surface area (Å²) in [7, 11) is 0. The van der Waals surface area contributed by atoms with Crippen LogP contribution in [-0.4, -0.2) is 25.5 Å². The van der Waals surface area contributed by atoms with Crippen molar-refractivity contribution in [3.63, 3.8) is 0 Å². The van der Waals surface area contributed by atoms with Gasteiger partial charge in [-0.2, -0.15) is 0 Å². The van der Waals surface area contributed by atoms with Crippen molar-refractivity contribution in [2.24, 2.45) is 5.92 Å². The van der Waals surface area contributed by atoms with E-state index in [1.165, 1.54) is 18.2 Å². The maximum Gasteiger partial charge on any atom is 0.133 e. The molecule has 0 amide bonds. The molecule has 5 nitrogen and oxygen atoms in total. The minimum atomic E-state index is -0.954. The molecule has 1 atom stereocenters. The molecule has 0 aromatic heterocycles. The first-order chi connectivity index (χ1) is 9.82. The molecule has 0 unspecified atom stereocenters. The highest BCUT2D eigenvalue weighted by Crippen LogP contribution is 2.46. The predicted octanol–water partition coefficient (Wildman–Crippen LogP) is 3.13. The molecule has 5 heteroatoms. The lowest BCUT2D eigenvalue weighted by Gasteiger charge is -2.17. The Morgan fingerprint density at radius 3 is 2.00 bits per heavy atom. The summed E-state index contributed by atoms with van der Waals surface area (Å²) < 4.78 is 0. The Bertz CT molecular complexity index is 664. The summed E-state index contributed by atoms with van der Waals surface area (Å²) >= 11 is 0. The number of phenols is 4. The lowest BCUT2D eigenvalue weighted by molar-refractivity contribution is 0.155. The summed E-state index contributed by atoms with van der Waals surface area (Å²) in [6.45, 7) is 4.04. The highest BCUT2D eigenvalue weighted by atomic mass is 16.3. The second-order valence-corrected chi connectivity index (χ2v) is 5.67. The number of aromatic hydroxyl groups is 4. The third-order valence-electron chi connectivity index (χ3n) is 3.60. The van der Waals surface area contributed by atoms with Crippen LogP contribution in [0.4, 0.5) is 0 Å². The number of benzene rings is 2. The van der Waals surface area contributed by atoms with Gasteiger partial charge in [-0.1, -0.05) is 13.8 Å². The molecular weight excluding hydrogens is 272 g/mol. The molecule has 0 fully saturated rings. The maximum absolute atomic E-state index is 10.3. The summed E-state index contributed by atoms with van der Waals surface area (Å²) in [5.41, 5.74) is 0.140. The molecule has 0 aliphatic carbocycles. The minimum Gasteiger partial charge on any atom is -0.507 e. The number of hydrogen-bond donors (Lipinski definition) is 5. The van der Waals surface area contributed by atoms with Gasteiger partial charge in [0.15, 0.2) is 0 Å². The zero-order valence-corrected chi connectivity index (χ0v) is 12.0. The van der Waals surface area contributed by atoms with Gasteiger partial charge in [0.2, 0.25) is 0 Å². The first kappa shape index (κ1) is 15.3. The second-order valence-electron chi connectivity index (χ2n) is 5.67. The van der Waals surface area contributed by atoms with Crippen molar-refractivity contribution in [1.82, 2.24) is 0 Å². The van der Waals surface area contributed by atoms with Crippen LogP contribution in [0, 0.1) is 5.92 Å². The fourth-order valence-electron chi connectivity index (χ4n) is 2.41. The van der Waals surface area contributed by atoms with Crippen molar-refractivity contribution >= 4 is 10.8 Å². The summed E-state index contributed by atoms with van der Waals surface area (Å²) in [5.74, 6) is -0.747. The standard InChI is InChI=1S/C16H20O5/c1-8(2)3-4-10(17)9-7-13(20)14-11(18)5-6-12(19)15(14)16(9)21/h5-8,10,17-21H,3-4H2,1-2H3/t10-/m1/s1.